The molecule has 0 aromatic heterocycles. The van der Waals surface area contributed by atoms with Crippen molar-refractivity contribution >= 4 is 11.6 Å². The maximum Gasteiger partial charge on any atom is 0.248 e. The fourth-order valence-corrected chi connectivity index (χ4v) is 2.90. The van der Waals surface area contributed by atoms with Gasteiger partial charge in [0.25, 0.3) is 0 Å². The monoisotopic (exact) mass is 237 g/mol. The van der Waals surface area contributed by atoms with Crippen LogP contribution in [0, 0.1) is 11.3 Å². The second-order valence-corrected chi connectivity index (χ2v) is 6.31. The van der Waals surface area contributed by atoms with Crippen molar-refractivity contribution in [1.82, 2.24) is 4.90 Å². The third-order valence-corrected chi connectivity index (χ3v) is 4.32. The molecule has 0 spiro atoms. The molecule has 0 radical (unpaired) electrons. The topological polar surface area (TPSA) is 3.24 Å². The zero-order valence-corrected chi connectivity index (χ0v) is 10.0. The zero-order valence-electron chi connectivity index (χ0n) is 9.27. The maximum absolute atomic E-state index is 12.6. The lowest BCUT2D eigenvalue weighted by molar-refractivity contribution is -0.115. The van der Waals surface area contributed by atoms with E-state index in [1.807, 2.05) is 0 Å². The molecule has 0 N–H and O–H groups in total. The summed E-state index contributed by atoms with van der Waals surface area (Å²) in [7, 11) is 0. The Bertz CT molecular complexity index is 247. The van der Waals surface area contributed by atoms with Crippen molar-refractivity contribution in [2.75, 3.05) is 19.6 Å². The summed E-state index contributed by atoms with van der Waals surface area (Å²) in [4.78, 5) is 2.23. The Labute approximate surface area is 94.8 Å². The molecule has 15 heavy (non-hydrogen) atoms. The van der Waals surface area contributed by atoms with Gasteiger partial charge in [0.2, 0.25) is 5.92 Å². The van der Waals surface area contributed by atoms with Crippen molar-refractivity contribution in [3.63, 3.8) is 0 Å². The number of alkyl halides is 3. The Kier molecular flexibility index (Phi) is 2.75. The summed E-state index contributed by atoms with van der Waals surface area (Å²) in [6.45, 7) is 6.85. The number of likely N-dealkylation sites (tertiary alicyclic amines) is 1. The zero-order chi connectivity index (χ0) is 11.3. The Morgan fingerprint density at radius 2 is 1.93 bits per heavy atom. The van der Waals surface area contributed by atoms with Gasteiger partial charge in [-0.1, -0.05) is 13.8 Å². The highest BCUT2D eigenvalue weighted by Crippen LogP contribution is 2.44. The maximum atomic E-state index is 12.6. The van der Waals surface area contributed by atoms with E-state index >= 15 is 0 Å². The second-order valence-electron chi connectivity index (χ2n) is 5.78. The molecular weight excluding hydrogens is 220 g/mol. The van der Waals surface area contributed by atoms with Gasteiger partial charge in [-0.05, 0) is 11.3 Å². The first kappa shape index (κ1) is 11.6. The molecule has 1 nitrogen and oxygen atoms in total. The molecule has 1 aliphatic carbocycles. The summed E-state index contributed by atoms with van der Waals surface area (Å²) in [6, 6.07) is 0. The molecule has 1 saturated heterocycles. The van der Waals surface area contributed by atoms with Crippen LogP contribution in [0.2, 0.25) is 0 Å². The molecule has 2 aliphatic rings. The lowest BCUT2D eigenvalue weighted by Gasteiger charge is -2.37. The molecule has 4 heteroatoms. The van der Waals surface area contributed by atoms with Gasteiger partial charge in [-0.25, -0.2) is 8.78 Å². The van der Waals surface area contributed by atoms with E-state index in [9.17, 15) is 8.78 Å². The molecule has 0 amide bonds. The van der Waals surface area contributed by atoms with E-state index in [0.29, 0.717) is 0 Å². The van der Waals surface area contributed by atoms with Crippen molar-refractivity contribution < 1.29 is 8.78 Å². The van der Waals surface area contributed by atoms with Crippen LogP contribution < -0.4 is 0 Å². The average molecular weight is 238 g/mol. The molecule has 0 bridgehead atoms. The first-order valence-electron chi connectivity index (χ1n) is 5.53. The van der Waals surface area contributed by atoms with E-state index < -0.39 is 5.92 Å². The summed E-state index contributed by atoms with van der Waals surface area (Å²) < 4.78 is 25.3. The van der Waals surface area contributed by atoms with Gasteiger partial charge < -0.3 is 4.90 Å². The van der Waals surface area contributed by atoms with Gasteiger partial charge in [0.05, 0.1) is 5.38 Å². The van der Waals surface area contributed by atoms with Crippen LogP contribution in [-0.2, 0) is 0 Å². The number of hydrogen-bond donors (Lipinski definition) is 0. The molecule has 1 unspecified atom stereocenters. The van der Waals surface area contributed by atoms with Crippen LogP contribution in [0.1, 0.15) is 26.7 Å². The van der Waals surface area contributed by atoms with Gasteiger partial charge in [0.1, 0.15) is 0 Å². The Morgan fingerprint density at radius 3 is 2.33 bits per heavy atom. The van der Waals surface area contributed by atoms with Gasteiger partial charge in [-0.2, -0.15) is 0 Å². The second kappa shape index (κ2) is 3.56. The molecule has 0 aromatic rings. The van der Waals surface area contributed by atoms with Crippen LogP contribution in [0.4, 0.5) is 8.78 Å². The van der Waals surface area contributed by atoms with Crippen LogP contribution in [0.5, 0.6) is 0 Å². The van der Waals surface area contributed by atoms with Gasteiger partial charge in [-0.15, -0.1) is 11.6 Å². The highest BCUT2D eigenvalue weighted by Gasteiger charge is 2.47. The van der Waals surface area contributed by atoms with Gasteiger partial charge in [0.15, 0.2) is 0 Å². The van der Waals surface area contributed by atoms with E-state index in [2.05, 4.69) is 18.7 Å². The average Bonchev–Trinajstić information content (AvgIpc) is 2.21. The third-order valence-electron chi connectivity index (χ3n) is 3.59. The number of hydrogen-bond acceptors (Lipinski definition) is 1. The largest absolute Gasteiger partial charge is 0.301 e. The highest BCUT2D eigenvalue weighted by atomic mass is 35.5. The molecule has 1 heterocycles. The summed E-state index contributed by atoms with van der Waals surface area (Å²) in [6.07, 6.45) is 0.133. The summed E-state index contributed by atoms with van der Waals surface area (Å²) in [5, 5.41) is 0.151. The van der Waals surface area contributed by atoms with E-state index in [-0.39, 0.29) is 29.6 Å². The lowest BCUT2D eigenvalue weighted by Crippen LogP contribution is -2.42. The Hall–Kier alpha value is 0.110. The summed E-state index contributed by atoms with van der Waals surface area (Å²) in [5.41, 5.74) is 0.119. The molecule has 2 rings (SSSR count). The fourth-order valence-electron chi connectivity index (χ4n) is 2.63. The summed E-state index contributed by atoms with van der Waals surface area (Å²) >= 11 is 6.21. The van der Waals surface area contributed by atoms with Crippen molar-refractivity contribution in [3.8, 4) is 0 Å². The van der Waals surface area contributed by atoms with Crippen LogP contribution >= 0.6 is 11.6 Å². The first-order chi connectivity index (χ1) is 6.78. The van der Waals surface area contributed by atoms with E-state index in [1.54, 1.807) is 0 Å². The molecule has 1 aliphatic heterocycles. The van der Waals surface area contributed by atoms with Crippen molar-refractivity contribution in [2.24, 2.45) is 11.3 Å². The molecular formula is C11H18ClF2N. The van der Waals surface area contributed by atoms with Crippen molar-refractivity contribution in [1.29, 1.82) is 0 Å². The first-order valence-corrected chi connectivity index (χ1v) is 5.96. The quantitative estimate of drug-likeness (QED) is 0.668. The van der Waals surface area contributed by atoms with E-state index in [4.69, 9.17) is 11.6 Å². The molecule has 1 saturated carbocycles. The minimum Gasteiger partial charge on any atom is -0.301 e. The van der Waals surface area contributed by atoms with Gasteiger partial charge in [0, 0.05) is 32.5 Å². The van der Waals surface area contributed by atoms with Crippen LogP contribution in [0.3, 0.4) is 0 Å². The smallest absolute Gasteiger partial charge is 0.248 e. The minimum atomic E-state index is -2.39. The standard InChI is InChI=1S/C11H18ClF2N/c1-10(2)7-15(6-9(10)12)5-8-3-11(13,14)4-8/h8-9H,3-7H2,1-2H3. The fraction of sp³-hybridized carbons (Fsp3) is 1.00. The van der Waals surface area contributed by atoms with Crippen molar-refractivity contribution in [2.45, 2.75) is 38.0 Å². The Morgan fingerprint density at radius 1 is 1.33 bits per heavy atom. The molecule has 88 valence electrons. The van der Waals surface area contributed by atoms with Crippen LogP contribution in [-0.4, -0.2) is 35.8 Å². The van der Waals surface area contributed by atoms with Gasteiger partial charge >= 0.3 is 0 Å². The lowest BCUT2D eigenvalue weighted by atomic mass is 9.81. The molecule has 2 fully saturated rings. The van der Waals surface area contributed by atoms with Crippen LogP contribution in [0.15, 0.2) is 0 Å². The molecule has 1 atom stereocenters. The molecule has 0 aromatic carbocycles. The highest BCUT2D eigenvalue weighted by molar-refractivity contribution is 6.21. The predicted octanol–water partition coefficient (Wildman–Crippen LogP) is 2.98. The SMILES string of the molecule is CC1(C)CN(CC2CC(F)(F)C2)CC1Cl. The normalized spacial score (nSPS) is 35.4. The number of nitrogens with zero attached hydrogens (tertiary/aromatic N) is 1. The van der Waals surface area contributed by atoms with Crippen molar-refractivity contribution in [3.05, 3.63) is 0 Å². The van der Waals surface area contributed by atoms with E-state index in [0.717, 1.165) is 19.6 Å². The number of halogens is 3. The predicted molar refractivity (Wildman–Crippen MR) is 57.5 cm³/mol. The minimum absolute atomic E-state index is 0.0664. The number of rotatable bonds is 2. The van der Waals surface area contributed by atoms with Gasteiger partial charge in [-0.3, -0.25) is 0 Å². The summed E-state index contributed by atoms with van der Waals surface area (Å²) in [5.74, 6) is -2.21. The third kappa shape index (κ3) is 2.44. The van der Waals surface area contributed by atoms with Crippen LogP contribution in [0.25, 0.3) is 0 Å². The Balaban J connectivity index is 1.79. The van der Waals surface area contributed by atoms with E-state index in [1.165, 1.54) is 0 Å².